The van der Waals surface area contributed by atoms with Gasteiger partial charge >= 0.3 is 0 Å². The van der Waals surface area contributed by atoms with Gasteiger partial charge in [-0.1, -0.05) is 11.6 Å². The Balaban J connectivity index is 1.48. The lowest BCUT2D eigenvalue weighted by Gasteiger charge is -2.33. The lowest BCUT2D eigenvalue weighted by atomic mass is 10.0. The second-order valence-electron chi connectivity index (χ2n) is 6.06. The number of aryl methyl sites for hydroxylation is 1. The van der Waals surface area contributed by atoms with E-state index < -0.39 is 0 Å². The van der Waals surface area contributed by atoms with Crippen molar-refractivity contribution in [1.82, 2.24) is 15.0 Å². The average Bonchev–Trinajstić information content (AvgIpc) is 3.00. The van der Waals surface area contributed by atoms with Gasteiger partial charge in [-0.05, 0) is 38.0 Å². The zero-order chi connectivity index (χ0) is 16.5. The molecule has 1 aliphatic heterocycles. The molecule has 0 radical (unpaired) electrons. The van der Waals surface area contributed by atoms with Crippen molar-refractivity contribution in [2.75, 3.05) is 23.3 Å². The summed E-state index contributed by atoms with van der Waals surface area (Å²) in [5.41, 5.74) is 1.97. The number of benzene rings is 1. The molecule has 124 valence electrons. The molecule has 1 fully saturated rings. The molecule has 24 heavy (non-hydrogen) atoms. The molecular weight excluding hydrogens is 342 g/mol. The van der Waals surface area contributed by atoms with E-state index in [9.17, 15) is 0 Å². The molecule has 1 aromatic carbocycles. The lowest BCUT2D eigenvalue weighted by Crippen LogP contribution is -2.39. The zero-order valence-corrected chi connectivity index (χ0v) is 14.9. The zero-order valence-electron chi connectivity index (χ0n) is 13.4. The van der Waals surface area contributed by atoms with Crippen LogP contribution in [-0.2, 0) is 0 Å². The number of piperidine rings is 1. The van der Waals surface area contributed by atoms with Crippen molar-refractivity contribution in [3.63, 3.8) is 0 Å². The van der Waals surface area contributed by atoms with Gasteiger partial charge in [0.05, 0.1) is 11.2 Å². The van der Waals surface area contributed by atoms with E-state index in [1.807, 2.05) is 25.1 Å². The molecule has 3 aromatic rings. The number of thiazole rings is 1. The minimum atomic E-state index is 0.467. The van der Waals surface area contributed by atoms with Crippen molar-refractivity contribution < 1.29 is 0 Å². The van der Waals surface area contributed by atoms with Gasteiger partial charge in [0.2, 0.25) is 0 Å². The van der Waals surface area contributed by atoms with Crippen molar-refractivity contribution in [1.29, 1.82) is 0 Å². The van der Waals surface area contributed by atoms with Crippen LogP contribution in [0.25, 0.3) is 10.9 Å². The molecule has 4 rings (SSSR count). The van der Waals surface area contributed by atoms with E-state index in [-0.39, 0.29) is 0 Å². The SMILES string of the molecule is Cc1csc(NC2CCN(c3ncnc4cc(Cl)ccc34)CC2)n1. The molecule has 1 N–H and O–H groups in total. The van der Waals surface area contributed by atoms with Crippen LogP contribution in [0.1, 0.15) is 18.5 Å². The first kappa shape index (κ1) is 15.6. The normalized spacial score (nSPS) is 15.8. The first-order chi connectivity index (χ1) is 11.7. The van der Waals surface area contributed by atoms with Crippen LogP contribution in [-0.4, -0.2) is 34.1 Å². The Kier molecular flexibility index (Phi) is 4.24. The van der Waals surface area contributed by atoms with E-state index in [0.29, 0.717) is 11.1 Å². The highest BCUT2D eigenvalue weighted by Crippen LogP contribution is 2.28. The third-order valence-electron chi connectivity index (χ3n) is 4.32. The summed E-state index contributed by atoms with van der Waals surface area (Å²) in [6.45, 7) is 3.96. The third kappa shape index (κ3) is 3.16. The van der Waals surface area contributed by atoms with E-state index >= 15 is 0 Å². The number of rotatable bonds is 3. The van der Waals surface area contributed by atoms with Crippen molar-refractivity contribution >= 4 is 44.8 Å². The second kappa shape index (κ2) is 6.53. The quantitative estimate of drug-likeness (QED) is 0.762. The number of nitrogens with one attached hydrogen (secondary N) is 1. The van der Waals surface area contributed by atoms with Gasteiger partial charge in [-0.15, -0.1) is 11.3 Å². The maximum absolute atomic E-state index is 6.07. The smallest absolute Gasteiger partial charge is 0.183 e. The molecule has 0 atom stereocenters. The Morgan fingerprint density at radius 3 is 2.83 bits per heavy atom. The van der Waals surface area contributed by atoms with E-state index in [2.05, 4.69) is 30.5 Å². The molecule has 0 aliphatic carbocycles. The maximum atomic E-state index is 6.07. The van der Waals surface area contributed by atoms with Gasteiger partial charge in [-0.3, -0.25) is 0 Å². The van der Waals surface area contributed by atoms with Crippen LogP contribution in [0.5, 0.6) is 0 Å². The molecule has 7 heteroatoms. The fraction of sp³-hybridized carbons (Fsp3) is 0.353. The number of nitrogens with zero attached hydrogens (tertiary/aromatic N) is 4. The third-order valence-corrected chi connectivity index (χ3v) is 5.45. The highest BCUT2D eigenvalue weighted by molar-refractivity contribution is 7.13. The summed E-state index contributed by atoms with van der Waals surface area (Å²) in [5, 5.41) is 8.41. The highest BCUT2D eigenvalue weighted by Gasteiger charge is 2.22. The van der Waals surface area contributed by atoms with Crippen LogP contribution < -0.4 is 10.2 Å². The van der Waals surface area contributed by atoms with E-state index in [1.54, 1.807) is 17.7 Å². The van der Waals surface area contributed by atoms with Crippen molar-refractivity contribution in [3.8, 4) is 0 Å². The van der Waals surface area contributed by atoms with Gasteiger partial charge in [0, 0.05) is 34.9 Å². The Morgan fingerprint density at radius 2 is 2.08 bits per heavy atom. The molecule has 1 saturated heterocycles. The van der Waals surface area contributed by atoms with Crippen LogP contribution in [0.2, 0.25) is 5.02 Å². The molecule has 1 aliphatic rings. The number of hydrogen-bond acceptors (Lipinski definition) is 6. The van der Waals surface area contributed by atoms with Gasteiger partial charge in [-0.2, -0.15) is 0 Å². The lowest BCUT2D eigenvalue weighted by molar-refractivity contribution is 0.524. The summed E-state index contributed by atoms with van der Waals surface area (Å²) >= 11 is 7.74. The summed E-state index contributed by atoms with van der Waals surface area (Å²) in [5.74, 6) is 1.00. The predicted octanol–water partition coefficient (Wildman–Crippen LogP) is 4.13. The van der Waals surface area contributed by atoms with Crippen molar-refractivity contribution in [2.24, 2.45) is 0 Å². The number of fused-ring (bicyclic) bond motifs is 1. The minimum absolute atomic E-state index is 0.467. The van der Waals surface area contributed by atoms with Crippen LogP contribution in [0, 0.1) is 6.92 Å². The van der Waals surface area contributed by atoms with Crippen molar-refractivity contribution in [3.05, 3.63) is 40.6 Å². The monoisotopic (exact) mass is 359 g/mol. The number of aromatic nitrogens is 3. The first-order valence-electron chi connectivity index (χ1n) is 8.03. The predicted molar refractivity (Wildman–Crippen MR) is 100 cm³/mol. The van der Waals surface area contributed by atoms with E-state index in [0.717, 1.165) is 53.5 Å². The Hall–Kier alpha value is -1.92. The number of hydrogen-bond donors (Lipinski definition) is 1. The molecule has 0 spiro atoms. The molecule has 0 bridgehead atoms. The minimum Gasteiger partial charge on any atom is -0.359 e. The summed E-state index contributed by atoms with van der Waals surface area (Å²) < 4.78 is 0. The number of anilines is 2. The average molecular weight is 360 g/mol. The standard InChI is InChI=1S/C17H18ClN5S/c1-11-9-24-17(21-11)22-13-4-6-23(7-5-13)16-14-3-2-12(18)8-15(14)19-10-20-16/h2-3,8-10,13H,4-7H2,1H3,(H,21,22). The summed E-state index contributed by atoms with van der Waals surface area (Å²) in [4.78, 5) is 15.7. The van der Waals surface area contributed by atoms with Crippen molar-refractivity contribution in [2.45, 2.75) is 25.8 Å². The van der Waals surface area contributed by atoms with Crippen LogP contribution >= 0.6 is 22.9 Å². The van der Waals surface area contributed by atoms with Gasteiger partial charge in [0.15, 0.2) is 5.13 Å². The van der Waals surface area contributed by atoms with Gasteiger partial charge in [0.25, 0.3) is 0 Å². The Morgan fingerprint density at radius 1 is 1.25 bits per heavy atom. The maximum Gasteiger partial charge on any atom is 0.183 e. The summed E-state index contributed by atoms with van der Waals surface area (Å²) in [6.07, 6.45) is 3.76. The first-order valence-corrected chi connectivity index (χ1v) is 9.29. The molecule has 5 nitrogen and oxygen atoms in total. The molecule has 0 unspecified atom stereocenters. The van der Waals surface area contributed by atoms with Gasteiger partial charge in [0.1, 0.15) is 12.1 Å². The Labute approximate surface area is 149 Å². The largest absolute Gasteiger partial charge is 0.359 e. The fourth-order valence-electron chi connectivity index (χ4n) is 3.10. The molecule has 0 amide bonds. The van der Waals surface area contributed by atoms with Crippen LogP contribution in [0.4, 0.5) is 10.9 Å². The molecule has 0 saturated carbocycles. The number of halogens is 1. The van der Waals surface area contributed by atoms with Crippen LogP contribution in [0.3, 0.4) is 0 Å². The summed E-state index contributed by atoms with van der Waals surface area (Å²) in [6, 6.07) is 6.27. The van der Waals surface area contributed by atoms with Gasteiger partial charge < -0.3 is 10.2 Å². The molecule has 2 aromatic heterocycles. The fourth-order valence-corrected chi connectivity index (χ4v) is 4.03. The summed E-state index contributed by atoms with van der Waals surface area (Å²) in [7, 11) is 0. The topological polar surface area (TPSA) is 53.9 Å². The Bertz CT molecular complexity index is 857. The van der Waals surface area contributed by atoms with Gasteiger partial charge in [-0.25, -0.2) is 15.0 Å². The highest BCUT2D eigenvalue weighted by atomic mass is 35.5. The van der Waals surface area contributed by atoms with E-state index in [1.165, 1.54) is 0 Å². The van der Waals surface area contributed by atoms with Crippen LogP contribution in [0.15, 0.2) is 29.9 Å². The van der Waals surface area contributed by atoms with E-state index in [4.69, 9.17) is 11.6 Å². The second-order valence-corrected chi connectivity index (χ2v) is 7.35. The molecule has 3 heterocycles. The molecular formula is C17H18ClN5S.